The number of nitrogens with zero attached hydrogens (tertiary/aromatic N) is 3. The molecule has 1 aromatic heterocycles. The first-order valence-electron chi connectivity index (χ1n) is 6.19. The van der Waals surface area contributed by atoms with Gasteiger partial charge < -0.3 is 10.5 Å². The van der Waals surface area contributed by atoms with Crippen molar-refractivity contribution in [3.63, 3.8) is 0 Å². The summed E-state index contributed by atoms with van der Waals surface area (Å²) in [6, 6.07) is 7.10. The highest BCUT2D eigenvalue weighted by molar-refractivity contribution is 6.30. The lowest BCUT2D eigenvalue weighted by molar-refractivity contribution is 0.285. The Labute approximate surface area is 117 Å². The maximum absolute atomic E-state index is 6.03. The van der Waals surface area contributed by atoms with E-state index in [-0.39, 0.29) is 6.04 Å². The summed E-state index contributed by atoms with van der Waals surface area (Å²) in [6.07, 6.45) is 2.19. The van der Waals surface area contributed by atoms with Gasteiger partial charge in [0.25, 0.3) is 0 Å². The average Bonchev–Trinajstić information content (AvgIpc) is 2.85. The maximum Gasteiger partial charge on any atom is 0.138 e. The Balaban J connectivity index is 1.84. The van der Waals surface area contributed by atoms with Crippen LogP contribution in [0, 0.1) is 0 Å². The minimum atomic E-state index is -0.120. The molecule has 6 heteroatoms. The van der Waals surface area contributed by atoms with Crippen molar-refractivity contribution >= 4 is 11.6 Å². The number of rotatable bonds is 6. The highest BCUT2D eigenvalue weighted by Gasteiger charge is 2.10. The van der Waals surface area contributed by atoms with Crippen LogP contribution in [0.4, 0.5) is 0 Å². The Kier molecular flexibility index (Phi) is 4.76. The number of hydrogen-bond donors (Lipinski definition) is 1. The average molecular weight is 281 g/mol. The molecule has 0 amide bonds. The summed E-state index contributed by atoms with van der Waals surface area (Å²) in [4.78, 5) is 4.19. The molecule has 0 saturated carbocycles. The van der Waals surface area contributed by atoms with Crippen molar-refractivity contribution < 1.29 is 4.74 Å². The lowest BCUT2D eigenvalue weighted by Crippen LogP contribution is -2.31. The van der Waals surface area contributed by atoms with Crippen LogP contribution in [0.2, 0.25) is 5.02 Å². The molecule has 0 aliphatic rings. The zero-order valence-electron chi connectivity index (χ0n) is 10.8. The van der Waals surface area contributed by atoms with E-state index in [9.17, 15) is 0 Å². The minimum Gasteiger partial charge on any atom is -0.492 e. The molecule has 0 fully saturated rings. The highest BCUT2D eigenvalue weighted by Crippen LogP contribution is 2.15. The first kappa shape index (κ1) is 13.8. The third-order valence-corrected chi connectivity index (χ3v) is 2.97. The first-order chi connectivity index (χ1) is 9.19. The topological polar surface area (TPSA) is 66.0 Å². The molecule has 0 saturated heterocycles. The quantitative estimate of drug-likeness (QED) is 0.878. The van der Waals surface area contributed by atoms with Crippen LogP contribution in [-0.2, 0) is 13.0 Å². The SMILES string of the molecule is CCn1ncnc1CC(N)COc1ccc(Cl)cc1. The third kappa shape index (κ3) is 3.94. The zero-order chi connectivity index (χ0) is 13.7. The van der Waals surface area contributed by atoms with E-state index in [1.807, 2.05) is 23.7 Å². The van der Waals surface area contributed by atoms with E-state index in [0.717, 1.165) is 18.1 Å². The van der Waals surface area contributed by atoms with Crippen molar-refractivity contribution in [2.45, 2.75) is 25.9 Å². The van der Waals surface area contributed by atoms with Crippen LogP contribution in [0.3, 0.4) is 0 Å². The van der Waals surface area contributed by atoms with Crippen LogP contribution in [0.15, 0.2) is 30.6 Å². The van der Waals surface area contributed by atoms with E-state index >= 15 is 0 Å². The standard InChI is InChI=1S/C13H17ClN4O/c1-2-18-13(16-9-17-18)7-11(15)8-19-12-5-3-10(14)4-6-12/h3-6,9,11H,2,7-8,15H2,1H3. The molecule has 2 N–H and O–H groups in total. The second-order valence-corrected chi connectivity index (χ2v) is 4.66. The first-order valence-corrected chi connectivity index (χ1v) is 6.57. The smallest absolute Gasteiger partial charge is 0.138 e. The van der Waals surface area contributed by atoms with Crippen LogP contribution in [0.1, 0.15) is 12.7 Å². The van der Waals surface area contributed by atoms with E-state index in [1.54, 1.807) is 18.5 Å². The molecule has 2 aromatic rings. The molecule has 102 valence electrons. The van der Waals surface area contributed by atoms with Crippen molar-refractivity contribution in [1.82, 2.24) is 14.8 Å². The lowest BCUT2D eigenvalue weighted by Gasteiger charge is -2.13. The molecule has 1 unspecified atom stereocenters. The summed E-state index contributed by atoms with van der Waals surface area (Å²) >= 11 is 5.80. The fourth-order valence-corrected chi connectivity index (χ4v) is 1.86. The molecule has 0 bridgehead atoms. The van der Waals surface area contributed by atoms with Crippen LogP contribution in [0.5, 0.6) is 5.75 Å². The molecule has 1 heterocycles. The number of benzene rings is 1. The van der Waals surface area contributed by atoms with E-state index < -0.39 is 0 Å². The van der Waals surface area contributed by atoms with Gasteiger partial charge in [0.05, 0.1) is 0 Å². The van der Waals surface area contributed by atoms with E-state index in [0.29, 0.717) is 18.1 Å². The maximum atomic E-state index is 6.03. The summed E-state index contributed by atoms with van der Waals surface area (Å²) in [6.45, 7) is 3.24. The normalized spacial score (nSPS) is 12.4. The van der Waals surface area contributed by atoms with Gasteiger partial charge >= 0.3 is 0 Å². The molecule has 1 aromatic carbocycles. The van der Waals surface area contributed by atoms with E-state index in [1.165, 1.54) is 0 Å². The molecule has 19 heavy (non-hydrogen) atoms. The second kappa shape index (κ2) is 6.54. The van der Waals surface area contributed by atoms with Gasteiger partial charge in [-0.1, -0.05) is 11.6 Å². The van der Waals surface area contributed by atoms with Gasteiger partial charge in [-0.3, -0.25) is 4.68 Å². The Morgan fingerprint density at radius 2 is 2.11 bits per heavy atom. The monoisotopic (exact) mass is 280 g/mol. The van der Waals surface area contributed by atoms with Crippen molar-refractivity contribution in [1.29, 1.82) is 0 Å². The van der Waals surface area contributed by atoms with Gasteiger partial charge in [0, 0.05) is 24.0 Å². The summed E-state index contributed by atoms with van der Waals surface area (Å²) in [5, 5.41) is 4.80. The Hall–Kier alpha value is -1.59. The number of aryl methyl sites for hydroxylation is 1. The molecule has 0 aliphatic heterocycles. The van der Waals surface area contributed by atoms with Crippen LogP contribution >= 0.6 is 11.6 Å². The number of hydrogen-bond acceptors (Lipinski definition) is 4. The van der Waals surface area contributed by atoms with Gasteiger partial charge in [0.1, 0.15) is 24.5 Å². The molecule has 0 spiro atoms. The fourth-order valence-electron chi connectivity index (χ4n) is 1.74. The zero-order valence-corrected chi connectivity index (χ0v) is 11.5. The van der Waals surface area contributed by atoms with Crippen molar-refractivity contribution in [3.8, 4) is 5.75 Å². The second-order valence-electron chi connectivity index (χ2n) is 4.22. The molecule has 0 radical (unpaired) electrons. The third-order valence-electron chi connectivity index (χ3n) is 2.72. The van der Waals surface area contributed by atoms with Gasteiger partial charge in [-0.25, -0.2) is 4.98 Å². The predicted molar refractivity (Wildman–Crippen MR) is 74.3 cm³/mol. The largest absolute Gasteiger partial charge is 0.492 e. The molecule has 2 rings (SSSR count). The van der Waals surface area contributed by atoms with Crippen LogP contribution in [0.25, 0.3) is 0 Å². The van der Waals surface area contributed by atoms with E-state index in [2.05, 4.69) is 10.1 Å². The van der Waals surface area contributed by atoms with Gasteiger partial charge in [-0.15, -0.1) is 0 Å². The Bertz CT molecular complexity index is 512. The fraction of sp³-hybridized carbons (Fsp3) is 0.385. The minimum absolute atomic E-state index is 0.120. The summed E-state index contributed by atoms with van der Waals surface area (Å²) in [5.41, 5.74) is 6.03. The number of halogens is 1. The van der Waals surface area contributed by atoms with Crippen molar-refractivity contribution in [2.75, 3.05) is 6.61 Å². The molecule has 5 nitrogen and oxygen atoms in total. The lowest BCUT2D eigenvalue weighted by atomic mass is 10.2. The van der Waals surface area contributed by atoms with E-state index in [4.69, 9.17) is 22.1 Å². The Morgan fingerprint density at radius 3 is 2.79 bits per heavy atom. The highest BCUT2D eigenvalue weighted by atomic mass is 35.5. The summed E-state index contributed by atoms with van der Waals surface area (Å²) < 4.78 is 7.44. The molecule has 1 atom stereocenters. The number of ether oxygens (including phenoxy) is 1. The van der Waals surface area contributed by atoms with Crippen molar-refractivity contribution in [3.05, 3.63) is 41.4 Å². The summed E-state index contributed by atoms with van der Waals surface area (Å²) in [5.74, 6) is 1.64. The number of nitrogens with two attached hydrogens (primary N) is 1. The van der Waals surface area contributed by atoms with Gasteiger partial charge in [0.15, 0.2) is 0 Å². The van der Waals surface area contributed by atoms with Gasteiger partial charge in [-0.2, -0.15) is 5.10 Å². The summed E-state index contributed by atoms with van der Waals surface area (Å²) in [7, 11) is 0. The van der Waals surface area contributed by atoms with Gasteiger partial charge in [0.2, 0.25) is 0 Å². The van der Waals surface area contributed by atoms with Gasteiger partial charge in [-0.05, 0) is 31.2 Å². The van der Waals surface area contributed by atoms with Crippen LogP contribution < -0.4 is 10.5 Å². The van der Waals surface area contributed by atoms with Crippen molar-refractivity contribution in [2.24, 2.45) is 5.73 Å². The molecular weight excluding hydrogens is 264 g/mol. The van der Waals surface area contributed by atoms with Crippen LogP contribution in [-0.4, -0.2) is 27.4 Å². The predicted octanol–water partition coefficient (Wildman–Crippen LogP) is 1.90. The number of aromatic nitrogens is 3. The molecular formula is C13H17ClN4O. The molecule has 0 aliphatic carbocycles. The Morgan fingerprint density at radius 1 is 1.37 bits per heavy atom.